The molecule has 1 unspecified atom stereocenters. The maximum Gasteiger partial charge on any atom is 0.335 e. The third-order valence-electron chi connectivity index (χ3n) is 3.82. The minimum Gasteiger partial charge on any atom is -0.478 e. The van der Waals surface area contributed by atoms with Crippen LogP contribution in [0.3, 0.4) is 0 Å². The Hall–Kier alpha value is -2.97. The van der Waals surface area contributed by atoms with Gasteiger partial charge >= 0.3 is 11.9 Å². The summed E-state index contributed by atoms with van der Waals surface area (Å²) in [5, 5.41) is 20.1. The van der Waals surface area contributed by atoms with Crippen molar-refractivity contribution in [3.05, 3.63) is 39.4 Å². The monoisotopic (exact) mass is 364 g/mol. The van der Waals surface area contributed by atoms with E-state index in [1.165, 1.54) is 4.90 Å². The van der Waals surface area contributed by atoms with Gasteiger partial charge in [0, 0.05) is 24.2 Å². The van der Waals surface area contributed by atoms with Crippen molar-refractivity contribution in [1.82, 2.24) is 4.90 Å². The van der Waals surface area contributed by atoms with Crippen molar-refractivity contribution >= 4 is 23.5 Å². The second-order valence-corrected chi connectivity index (χ2v) is 7.02. The number of non-ortho nitro benzene ring substituents is 1. The first-order chi connectivity index (χ1) is 12.0. The lowest BCUT2D eigenvalue weighted by molar-refractivity contribution is -0.384. The number of benzene rings is 1. The second-order valence-electron chi connectivity index (χ2n) is 7.02. The minimum absolute atomic E-state index is 0.146. The molecule has 140 valence electrons. The lowest BCUT2D eigenvalue weighted by atomic mass is 10.1. The number of esters is 1. The van der Waals surface area contributed by atoms with Gasteiger partial charge in [-0.2, -0.15) is 0 Å². The fourth-order valence-corrected chi connectivity index (χ4v) is 2.75. The molecule has 0 saturated carbocycles. The molecule has 0 aromatic heterocycles. The zero-order valence-corrected chi connectivity index (χ0v) is 14.7. The van der Waals surface area contributed by atoms with Crippen LogP contribution in [0.2, 0.25) is 0 Å². The maximum absolute atomic E-state index is 12.8. The summed E-state index contributed by atoms with van der Waals surface area (Å²) in [6.07, 6.45) is 0.998. The molecule has 0 bridgehead atoms. The number of hydrogen-bond donors (Lipinski definition) is 1. The fraction of sp³-hybridized carbons (Fsp3) is 0.471. The molecule has 1 atom stereocenters. The SMILES string of the molecule is CC(C)(C)OC(=O)C1CCCN1C(=O)c1cc(C(=O)O)cc([N+](=O)[O-])c1. The largest absolute Gasteiger partial charge is 0.478 e. The Bertz CT molecular complexity index is 735. The maximum atomic E-state index is 12.8. The molecule has 1 aromatic rings. The van der Waals surface area contributed by atoms with Gasteiger partial charge in [-0.3, -0.25) is 14.9 Å². The summed E-state index contributed by atoms with van der Waals surface area (Å²) >= 11 is 0. The highest BCUT2D eigenvalue weighted by Crippen LogP contribution is 2.25. The number of amides is 1. The highest BCUT2D eigenvalue weighted by Gasteiger charge is 2.37. The molecule has 2 rings (SSSR count). The number of nitro benzene ring substituents is 1. The molecule has 9 heteroatoms. The van der Waals surface area contributed by atoms with Gasteiger partial charge in [0.25, 0.3) is 11.6 Å². The number of hydrogen-bond acceptors (Lipinski definition) is 6. The van der Waals surface area contributed by atoms with E-state index in [0.717, 1.165) is 18.2 Å². The van der Waals surface area contributed by atoms with Crippen LogP contribution in [0.15, 0.2) is 18.2 Å². The number of ether oxygens (including phenoxy) is 1. The van der Waals surface area contributed by atoms with Crippen molar-refractivity contribution in [2.75, 3.05) is 6.54 Å². The first kappa shape index (κ1) is 19.4. The summed E-state index contributed by atoms with van der Waals surface area (Å²) in [5.74, 6) is -2.57. The normalized spacial score (nSPS) is 17.0. The minimum atomic E-state index is -1.38. The summed E-state index contributed by atoms with van der Waals surface area (Å²) in [6.45, 7) is 5.43. The predicted molar refractivity (Wildman–Crippen MR) is 90.0 cm³/mol. The number of likely N-dealkylation sites (tertiary alicyclic amines) is 1. The first-order valence-corrected chi connectivity index (χ1v) is 8.06. The number of aromatic carboxylic acids is 1. The van der Waals surface area contributed by atoms with Crippen LogP contribution in [0.25, 0.3) is 0 Å². The quantitative estimate of drug-likeness (QED) is 0.493. The third-order valence-corrected chi connectivity index (χ3v) is 3.82. The molecule has 1 aromatic carbocycles. The number of carboxylic acid groups (broad SMARTS) is 1. The van der Waals surface area contributed by atoms with Crippen molar-refractivity contribution in [2.45, 2.75) is 45.3 Å². The lowest BCUT2D eigenvalue weighted by Crippen LogP contribution is -2.43. The van der Waals surface area contributed by atoms with E-state index in [0.29, 0.717) is 12.8 Å². The van der Waals surface area contributed by atoms with E-state index >= 15 is 0 Å². The van der Waals surface area contributed by atoms with Crippen molar-refractivity contribution in [3.63, 3.8) is 0 Å². The van der Waals surface area contributed by atoms with Crippen molar-refractivity contribution < 1.29 is 29.2 Å². The van der Waals surface area contributed by atoms with E-state index in [1.54, 1.807) is 20.8 Å². The third kappa shape index (κ3) is 4.35. The molecule has 1 aliphatic rings. The number of rotatable bonds is 4. The zero-order chi connectivity index (χ0) is 19.6. The summed E-state index contributed by atoms with van der Waals surface area (Å²) in [4.78, 5) is 47.8. The fourth-order valence-electron chi connectivity index (χ4n) is 2.75. The van der Waals surface area contributed by atoms with E-state index in [9.17, 15) is 24.5 Å². The molecule has 1 heterocycles. The summed E-state index contributed by atoms with van der Waals surface area (Å²) in [6, 6.07) is 2.17. The van der Waals surface area contributed by atoms with Gasteiger partial charge < -0.3 is 14.7 Å². The lowest BCUT2D eigenvalue weighted by Gasteiger charge is -2.27. The van der Waals surface area contributed by atoms with Crippen LogP contribution in [0.4, 0.5) is 5.69 Å². The molecule has 1 saturated heterocycles. The second kappa shape index (κ2) is 7.11. The summed E-state index contributed by atoms with van der Waals surface area (Å²) < 4.78 is 5.33. The zero-order valence-electron chi connectivity index (χ0n) is 14.7. The molecule has 1 amide bonds. The molecule has 1 aliphatic heterocycles. The van der Waals surface area contributed by atoms with E-state index < -0.39 is 40.1 Å². The average molecular weight is 364 g/mol. The van der Waals surface area contributed by atoms with Gasteiger partial charge in [0.1, 0.15) is 11.6 Å². The highest BCUT2D eigenvalue weighted by atomic mass is 16.6. The molecule has 1 N–H and O–H groups in total. The molecule has 9 nitrogen and oxygen atoms in total. The highest BCUT2D eigenvalue weighted by molar-refractivity contribution is 6.00. The number of nitrogens with zero attached hydrogens (tertiary/aromatic N) is 2. The molecular weight excluding hydrogens is 344 g/mol. The van der Waals surface area contributed by atoms with Crippen LogP contribution in [-0.2, 0) is 9.53 Å². The van der Waals surface area contributed by atoms with Gasteiger partial charge in [-0.05, 0) is 39.7 Å². The molecule has 0 aliphatic carbocycles. The van der Waals surface area contributed by atoms with E-state index in [-0.39, 0.29) is 17.7 Å². The Morgan fingerprint density at radius 2 is 1.85 bits per heavy atom. The van der Waals surface area contributed by atoms with Gasteiger partial charge in [0.2, 0.25) is 0 Å². The molecule has 0 spiro atoms. The number of nitro groups is 1. The van der Waals surface area contributed by atoms with Crippen molar-refractivity contribution in [2.24, 2.45) is 0 Å². The summed E-state index contributed by atoms with van der Waals surface area (Å²) in [7, 11) is 0. The van der Waals surface area contributed by atoms with Gasteiger partial charge in [-0.15, -0.1) is 0 Å². The topological polar surface area (TPSA) is 127 Å². The average Bonchev–Trinajstić information content (AvgIpc) is 3.01. The van der Waals surface area contributed by atoms with Gasteiger partial charge in [0.05, 0.1) is 10.5 Å². The van der Waals surface area contributed by atoms with E-state index in [2.05, 4.69) is 0 Å². The number of carboxylic acids is 1. The Morgan fingerprint density at radius 1 is 1.23 bits per heavy atom. The van der Waals surface area contributed by atoms with Gasteiger partial charge in [-0.1, -0.05) is 0 Å². The predicted octanol–water partition coefficient (Wildman–Crippen LogP) is 2.24. The van der Waals surface area contributed by atoms with Crippen LogP contribution < -0.4 is 0 Å². The van der Waals surface area contributed by atoms with Crippen LogP contribution in [0.1, 0.15) is 54.3 Å². The van der Waals surface area contributed by atoms with Crippen LogP contribution in [-0.4, -0.2) is 51.0 Å². The Morgan fingerprint density at radius 3 is 2.38 bits per heavy atom. The van der Waals surface area contributed by atoms with E-state index in [4.69, 9.17) is 9.84 Å². The summed E-state index contributed by atoms with van der Waals surface area (Å²) in [5.41, 5.74) is -1.72. The Labute approximate surface area is 149 Å². The van der Waals surface area contributed by atoms with Crippen molar-refractivity contribution in [3.8, 4) is 0 Å². The van der Waals surface area contributed by atoms with Crippen molar-refractivity contribution in [1.29, 1.82) is 0 Å². The molecule has 26 heavy (non-hydrogen) atoms. The van der Waals surface area contributed by atoms with Gasteiger partial charge in [0.15, 0.2) is 0 Å². The van der Waals surface area contributed by atoms with Crippen LogP contribution in [0.5, 0.6) is 0 Å². The Balaban J connectivity index is 2.33. The van der Waals surface area contributed by atoms with Gasteiger partial charge in [-0.25, -0.2) is 9.59 Å². The number of carbonyl (C=O) groups is 3. The Kier molecular flexibility index (Phi) is 5.29. The number of carbonyl (C=O) groups excluding carboxylic acids is 2. The smallest absolute Gasteiger partial charge is 0.335 e. The molecular formula is C17H20N2O7. The molecule has 0 radical (unpaired) electrons. The van der Waals surface area contributed by atoms with Crippen LogP contribution >= 0.6 is 0 Å². The standard InChI is InChI=1S/C17H20N2O7/c1-17(2,3)26-16(23)13-5-4-6-18(13)14(20)10-7-11(15(21)22)9-12(8-10)19(24)25/h7-9,13H,4-6H2,1-3H3,(H,21,22). The van der Waals surface area contributed by atoms with E-state index in [1.807, 2.05) is 0 Å². The van der Waals surface area contributed by atoms with Crippen LogP contribution in [0, 0.1) is 10.1 Å². The first-order valence-electron chi connectivity index (χ1n) is 8.06. The molecule has 1 fully saturated rings.